The van der Waals surface area contributed by atoms with Crippen LogP contribution in [-0.4, -0.2) is 51.6 Å². The molecule has 3 aliphatic rings. The summed E-state index contributed by atoms with van der Waals surface area (Å²) in [4.78, 5) is 30.9. The SMILES string of the molecule is Cn1cccc1CN(C(=O)CN(C(=O)c1ccc2c(c1)OCO2)C1CCCCC1)C1CC1. The summed E-state index contributed by atoms with van der Waals surface area (Å²) in [5.74, 6) is 1.19. The highest BCUT2D eigenvalue weighted by atomic mass is 16.7. The minimum Gasteiger partial charge on any atom is -0.454 e. The lowest BCUT2D eigenvalue weighted by Gasteiger charge is -2.35. The Hall–Kier alpha value is -2.96. The topological polar surface area (TPSA) is 64.0 Å². The number of carbonyl (C=O) groups is 2. The van der Waals surface area contributed by atoms with Crippen molar-refractivity contribution in [1.82, 2.24) is 14.4 Å². The number of benzene rings is 1. The molecule has 0 unspecified atom stereocenters. The van der Waals surface area contributed by atoms with E-state index in [1.54, 1.807) is 18.2 Å². The van der Waals surface area contributed by atoms with Gasteiger partial charge in [-0.1, -0.05) is 19.3 Å². The van der Waals surface area contributed by atoms with E-state index in [9.17, 15) is 9.59 Å². The van der Waals surface area contributed by atoms with Crippen LogP contribution in [0.1, 0.15) is 61.0 Å². The zero-order valence-electron chi connectivity index (χ0n) is 18.7. The molecule has 2 aliphatic carbocycles. The minimum atomic E-state index is -0.0989. The fraction of sp³-hybridized carbons (Fsp3) is 0.520. The number of hydrogen-bond donors (Lipinski definition) is 0. The van der Waals surface area contributed by atoms with E-state index in [0.717, 1.165) is 44.2 Å². The second kappa shape index (κ2) is 8.88. The van der Waals surface area contributed by atoms with Gasteiger partial charge in [0.15, 0.2) is 11.5 Å². The summed E-state index contributed by atoms with van der Waals surface area (Å²) in [6.45, 7) is 0.885. The molecule has 0 atom stereocenters. The van der Waals surface area contributed by atoms with Crippen LogP contribution < -0.4 is 9.47 Å². The minimum absolute atomic E-state index is 0.0355. The molecular formula is C25H31N3O4. The molecule has 32 heavy (non-hydrogen) atoms. The third-order valence-corrected chi connectivity index (χ3v) is 6.89. The van der Waals surface area contributed by atoms with Crippen molar-refractivity contribution in [2.24, 2.45) is 7.05 Å². The maximum atomic E-state index is 13.6. The first-order valence-electron chi connectivity index (χ1n) is 11.7. The van der Waals surface area contributed by atoms with E-state index < -0.39 is 0 Å². The Kier molecular flexibility index (Phi) is 5.81. The lowest BCUT2D eigenvalue weighted by atomic mass is 9.93. The number of rotatable bonds is 7. The maximum Gasteiger partial charge on any atom is 0.254 e. The van der Waals surface area contributed by atoms with E-state index in [1.165, 1.54) is 6.42 Å². The molecule has 170 valence electrons. The first-order valence-corrected chi connectivity index (χ1v) is 11.7. The number of aromatic nitrogens is 1. The summed E-state index contributed by atoms with van der Waals surface area (Å²) in [5.41, 5.74) is 1.66. The van der Waals surface area contributed by atoms with Crippen LogP contribution in [0, 0.1) is 0 Å². The molecule has 0 saturated heterocycles. The molecule has 0 N–H and O–H groups in total. The number of hydrogen-bond acceptors (Lipinski definition) is 4. The fourth-order valence-electron chi connectivity index (χ4n) is 4.83. The average molecular weight is 438 g/mol. The van der Waals surface area contributed by atoms with Gasteiger partial charge in [-0.25, -0.2) is 0 Å². The number of fused-ring (bicyclic) bond motifs is 1. The number of nitrogens with zero attached hydrogens (tertiary/aromatic N) is 3. The van der Waals surface area contributed by atoms with Crippen molar-refractivity contribution in [1.29, 1.82) is 0 Å². The van der Waals surface area contributed by atoms with E-state index in [-0.39, 0.29) is 37.2 Å². The van der Waals surface area contributed by atoms with Gasteiger partial charge in [0.2, 0.25) is 12.7 Å². The highest BCUT2D eigenvalue weighted by Gasteiger charge is 2.36. The molecule has 2 aromatic rings. The molecule has 1 aliphatic heterocycles. The Morgan fingerprint density at radius 2 is 1.72 bits per heavy atom. The molecule has 2 heterocycles. The molecule has 7 nitrogen and oxygen atoms in total. The summed E-state index contributed by atoms with van der Waals surface area (Å²) < 4.78 is 12.9. The fourth-order valence-corrected chi connectivity index (χ4v) is 4.83. The summed E-state index contributed by atoms with van der Waals surface area (Å²) in [7, 11) is 2.00. The molecule has 2 saturated carbocycles. The Balaban J connectivity index is 1.37. The molecule has 5 rings (SSSR count). The summed E-state index contributed by atoms with van der Waals surface area (Å²) in [6, 6.07) is 9.74. The molecule has 1 aromatic heterocycles. The van der Waals surface area contributed by atoms with Crippen molar-refractivity contribution in [3.8, 4) is 11.5 Å². The second-order valence-corrected chi connectivity index (χ2v) is 9.16. The molecule has 7 heteroatoms. The van der Waals surface area contributed by atoms with Gasteiger partial charge in [-0.2, -0.15) is 0 Å². The Bertz CT molecular complexity index is 991. The van der Waals surface area contributed by atoms with E-state index in [4.69, 9.17) is 9.47 Å². The summed E-state index contributed by atoms with van der Waals surface area (Å²) in [6.07, 6.45) is 9.36. The van der Waals surface area contributed by atoms with Gasteiger partial charge in [0.05, 0.1) is 6.54 Å². The third kappa shape index (κ3) is 4.33. The van der Waals surface area contributed by atoms with Crippen LogP contribution in [0.25, 0.3) is 0 Å². The van der Waals surface area contributed by atoms with E-state index >= 15 is 0 Å². The van der Waals surface area contributed by atoms with Crippen molar-refractivity contribution in [3.63, 3.8) is 0 Å². The lowest BCUT2D eigenvalue weighted by molar-refractivity contribution is -0.133. The van der Waals surface area contributed by atoms with Gasteiger partial charge < -0.3 is 23.8 Å². The smallest absolute Gasteiger partial charge is 0.254 e. The number of amides is 2. The monoisotopic (exact) mass is 437 g/mol. The van der Waals surface area contributed by atoms with Crippen LogP contribution in [0.15, 0.2) is 36.5 Å². The number of aryl methyl sites for hydroxylation is 1. The number of carbonyl (C=O) groups excluding carboxylic acids is 2. The first kappa shape index (κ1) is 20.9. The van der Waals surface area contributed by atoms with Crippen molar-refractivity contribution in [3.05, 3.63) is 47.8 Å². The number of ether oxygens (including phenoxy) is 2. The molecule has 2 fully saturated rings. The normalized spacial score (nSPS) is 17.9. The van der Waals surface area contributed by atoms with Gasteiger partial charge in [-0.3, -0.25) is 9.59 Å². The summed E-state index contributed by atoms with van der Waals surface area (Å²) in [5, 5.41) is 0. The van der Waals surface area contributed by atoms with Gasteiger partial charge >= 0.3 is 0 Å². The highest BCUT2D eigenvalue weighted by molar-refractivity contribution is 5.97. The lowest BCUT2D eigenvalue weighted by Crippen LogP contribution is -2.48. The van der Waals surface area contributed by atoms with Gasteiger partial charge in [-0.05, 0) is 56.0 Å². The summed E-state index contributed by atoms with van der Waals surface area (Å²) >= 11 is 0. The molecule has 2 amide bonds. The van der Waals surface area contributed by atoms with Crippen LogP contribution in [0.5, 0.6) is 11.5 Å². The first-order chi connectivity index (χ1) is 15.6. The van der Waals surface area contributed by atoms with Crippen LogP contribution in [-0.2, 0) is 18.4 Å². The van der Waals surface area contributed by atoms with Gasteiger partial charge in [-0.15, -0.1) is 0 Å². The molecular weight excluding hydrogens is 406 g/mol. The van der Waals surface area contributed by atoms with Gasteiger partial charge in [0.1, 0.15) is 6.54 Å². The van der Waals surface area contributed by atoms with Crippen molar-refractivity contribution < 1.29 is 19.1 Å². The van der Waals surface area contributed by atoms with Crippen LogP contribution >= 0.6 is 0 Å². The molecule has 1 aromatic carbocycles. The Morgan fingerprint density at radius 3 is 2.44 bits per heavy atom. The van der Waals surface area contributed by atoms with Gasteiger partial charge in [0.25, 0.3) is 5.91 Å². The van der Waals surface area contributed by atoms with Crippen LogP contribution in [0.4, 0.5) is 0 Å². The highest BCUT2D eigenvalue weighted by Crippen LogP contribution is 2.34. The average Bonchev–Trinajstić information content (AvgIpc) is 3.40. The zero-order valence-corrected chi connectivity index (χ0v) is 18.7. The maximum absolute atomic E-state index is 13.6. The van der Waals surface area contributed by atoms with Crippen LogP contribution in [0.2, 0.25) is 0 Å². The largest absolute Gasteiger partial charge is 0.454 e. The Morgan fingerprint density at radius 1 is 0.969 bits per heavy atom. The van der Waals surface area contributed by atoms with Crippen molar-refractivity contribution >= 4 is 11.8 Å². The van der Waals surface area contributed by atoms with Crippen molar-refractivity contribution in [2.75, 3.05) is 13.3 Å². The molecule has 0 bridgehead atoms. The van der Waals surface area contributed by atoms with E-state index in [2.05, 4.69) is 10.6 Å². The third-order valence-electron chi connectivity index (χ3n) is 6.89. The van der Waals surface area contributed by atoms with E-state index in [1.807, 2.05) is 29.1 Å². The molecule has 0 radical (unpaired) electrons. The van der Waals surface area contributed by atoms with Crippen molar-refractivity contribution in [2.45, 2.75) is 63.6 Å². The quantitative estimate of drug-likeness (QED) is 0.662. The standard InChI is InChI=1S/C25H31N3O4/c1-26-13-5-8-21(26)15-27(20-10-11-20)24(29)16-28(19-6-3-2-4-7-19)25(30)18-9-12-22-23(14-18)32-17-31-22/h5,8-9,12-14,19-20H,2-4,6-7,10-11,15-17H2,1H3. The molecule has 0 spiro atoms. The van der Waals surface area contributed by atoms with Crippen LogP contribution in [0.3, 0.4) is 0 Å². The Labute approximate surface area is 188 Å². The zero-order chi connectivity index (χ0) is 22.1. The predicted octanol–water partition coefficient (Wildman–Crippen LogP) is 3.72. The van der Waals surface area contributed by atoms with Gasteiger partial charge in [0, 0.05) is 36.6 Å². The van der Waals surface area contributed by atoms with E-state index in [0.29, 0.717) is 23.6 Å². The predicted molar refractivity (Wildman–Crippen MR) is 119 cm³/mol. The second-order valence-electron chi connectivity index (χ2n) is 9.16.